The third-order valence-corrected chi connectivity index (χ3v) is 15.4. The number of ether oxygens (including phenoxy) is 4. The number of hydrogen-bond acceptors (Lipinski definition) is 8. The summed E-state index contributed by atoms with van der Waals surface area (Å²) in [5, 5.41) is 1.13. The van der Waals surface area contributed by atoms with Crippen LogP contribution in [0, 0.1) is 19.8 Å². The lowest BCUT2D eigenvalue weighted by Gasteiger charge is -2.23. The number of rotatable bonds is 19. The van der Waals surface area contributed by atoms with E-state index in [1.807, 2.05) is 55.8 Å². The fourth-order valence-corrected chi connectivity index (χ4v) is 10.5. The van der Waals surface area contributed by atoms with Crippen molar-refractivity contribution in [1.82, 2.24) is 9.97 Å². The number of halogens is 2. The molecule has 3 aliphatic carbocycles. The minimum Gasteiger partial charge on any atom is -0.493 e. The molecule has 0 saturated heterocycles. The monoisotopic (exact) mass is 1010 g/mol. The number of hydrogen-bond donors (Lipinski definition) is 0. The molecule has 3 aliphatic rings. The molecule has 3 saturated carbocycles. The van der Waals surface area contributed by atoms with E-state index in [0.29, 0.717) is 28.6 Å². The summed E-state index contributed by atoms with van der Waals surface area (Å²) in [6.45, 7) is 10.6. The first-order chi connectivity index (χ1) is 34.9. The summed E-state index contributed by atoms with van der Waals surface area (Å²) in [7, 11) is 7.43. The summed E-state index contributed by atoms with van der Waals surface area (Å²) in [6.07, 6.45) is 24.8. The minimum absolute atomic E-state index is 0.276. The summed E-state index contributed by atoms with van der Waals surface area (Å²) in [5.74, 6) is 4.78. The predicted molar refractivity (Wildman–Crippen MR) is 299 cm³/mol. The van der Waals surface area contributed by atoms with Gasteiger partial charge in [-0.2, -0.15) is 0 Å². The Morgan fingerprint density at radius 2 is 1.15 bits per heavy atom. The van der Waals surface area contributed by atoms with E-state index in [4.69, 9.17) is 42.1 Å². The Morgan fingerprint density at radius 3 is 1.67 bits per heavy atom. The van der Waals surface area contributed by atoms with Gasteiger partial charge in [-0.05, 0) is 178 Å². The zero-order chi connectivity index (χ0) is 51.0. The van der Waals surface area contributed by atoms with Crippen LogP contribution in [-0.2, 0) is 32.4 Å². The number of aryl methyl sites for hydroxylation is 4. The van der Waals surface area contributed by atoms with Crippen molar-refractivity contribution in [2.24, 2.45) is 5.92 Å². The second-order valence-electron chi connectivity index (χ2n) is 20.2. The second kappa shape index (κ2) is 27.0. The first kappa shape index (κ1) is 54.3. The fraction of sp³-hybridized carbons (Fsp3) is 0.452. The Kier molecular flexibility index (Phi) is 20.4. The van der Waals surface area contributed by atoms with E-state index in [9.17, 15) is 0 Å². The molecule has 3 fully saturated rings. The van der Waals surface area contributed by atoms with Crippen LogP contribution in [-0.4, -0.2) is 50.5 Å². The average Bonchev–Trinajstić information content (AvgIpc) is 3.80. The lowest BCUT2D eigenvalue weighted by atomic mass is 9.87. The summed E-state index contributed by atoms with van der Waals surface area (Å²) >= 11 is 12.5. The van der Waals surface area contributed by atoms with Crippen LogP contribution in [0.25, 0.3) is 0 Å². The number of benzene rings is 4. The molecule has 2 heterocycles. The molecule has 384 valence electrons. The van der Waals surface area contributed by atoms with Gasteiger partial charge in [0, 0.05) is 81.0 Å². The third-order valence-electron chi connectivity index (χ3n) is 14.7. The van der Waals surface area contributed by atoms with Crippen molar-refractivity contribution in [2.45, 2.75) is 149 Å². The lowest BCUT2D eigenvalue weighted by Crippen LogP contribution is -2.18. The van der Waals surface area contributed by atoms with Crippen molar-refractivity contribution >= 4 is 34.6 Å². The van der Waals surface area contributed by atoms with Crippen LogP contribution < -0.4 is 28.7 Å². The summed E-state index contributed by atoms with van der Waals surface area (Å²) in [4.78, 5) is 12.3. The standard InChI is InChI=1S/C24H32.C19H22Cl2N2O2.C19H24N2O2/c1-5-21-13-14-22(16-23(21)12-11-20-9-10-20)19(4)15-24-17(2)7-6-8-18(24)3;1-23(12-15-16(20)10-22-11-17(15)21)13-7-8-18(24-2)19(9-13)25-14-5-3-4-6-14;1-21(14-15-9-11-20-12-10-15)16-7-8-18(22-2)19(13-16)23-17-5-3-4-6-17/h6-8,13-14,16,19-20H,5,9-12,15H2,1-4H3;7-11,14H,3-6,12H2,1-2H3;7-13,17H,3-6,14H2,1-2H3. The predicted octanol–water partition coefficient (Wildman–Crippen LogP) is 16.0. The molecule has 0 amide bonds. The van der Waals surface area contributed by atoms with E-state index in [2.05, 4.69) is 103 Å². The molecule has 1 unspecified atom stereocenters. The molecular weight excluding hydrogens is 936 g/mol. The zero-order valence-electron chi connectivity index (χ0n) is 44.2. The Morgan fingerprint density at radius 1 is 0.611 bits per heavy atom. The van der Waals surface area contributed by atoms with Gasteiger partial charge in [-0.3, -0.25) is 9.97 Å². The number of nitrogens with zero attached hydrogens (tertiary/aromatic N) is 4. The first-order valence-corrected chi connectivity index (χ1v) is 27.1. The number of methoxy groups -OCH3 is 2. The van der Waals surface area contributed by atoms with Crippen molar-refractivity contribution in [3.05, 3.63) is 164 Å². The zero-order valence-corrected chi connectivity index (χ0v) is 45.7. The molecule has 2 aromatic heterocycles. The fourth-order valence-electron chi connectivity index (χ4n) is 10.0. The highest BCUT2D eigenvalue weighted by molar-refractivity contribution is 6.35. The maximum absolute atomic E-state index is 6.24. The van der Waals surface area contributed by atoms with Gasteiger partial charge in [0.1, 0.15) is 0 Å². The molecule has 0 aliphatic heterocycles. The van der Waals surface area contributed by atoms with Crippen molar-refractivity contribution in [2.75, 3.05) is 38.1 Å². The van der Waals surface area contributed by atoms with Crippen LogP contribution in [0.15, 0.2) is 110 Å². The largest absolute Gasteiger partial charge is 0.493 e. The van der Waals surface area contributed by atoms with E-state index in [-0.39, 0.29) is 6.10 Å². The van der Waals surface area contributed by atoms with Gasteiger partial charge in [0.25, 0.3) is 0 Å². The molecule has 8 nitrogen and oxygen atoms in total. The SMILES string of the molecule is CCc1ccc(C(C)Cc2c(C)cccc2C)cc1CCC1CC1.COc1ccc(N(C)Cc2c(Cl)cncc2Cl)cc1OC1CCCC1.COc1ccc(N(C)Cc2ccncc2)cc1OC1CCCC1. The van der Waals surface area contributed by atoms with E-state index in [1.165, 1.54) is 79.2 Å². The Labute approximate surface area is 441 Å². The summed E-state index contributed by atoms with van der Waals surface area (Å²) in [5.41, 5.74) is 13.3. The second-order valence-corrected chi connectivity index (χ2v) is 21.0. The number of anilines is 2. The van der Waals surface area contributed by atoms with Crippen molar-refractivity contribution in [3.63, 3.8) is 0 Å². The molecule has 6 aromatic rings. The normalized spacial score (nSPS) is 14.9. The van der Waals surface area contributed by atoms with Gasteiger partial charge in [0.2, 0.25) is 0 Å². The van der Waals surface area contributed by atoms with Crippen LogP contribution in [0.5, 0.6) is 23.0 Å². The minimum atomic E-state index is 0.276. The quantitative estimate of drug-likeness (QED) is 0.0795. The number of aromatic nitrogens is 2. The molecule has 0 N–H and O–H groups in total. The molecule has 1 atom stereocenters. The van der Waals surface area contributed by atoms with Crippen molar-refractivity contribution < 1.29 is 18.9 Å². The molecular formula is C62H78Cl2N4O4. The van der Waals surface area contributed by atoms with Gasteiger partial charge in [-0.1, -0.05) is 86.3 Å². The lowest BCUT2D eigenvalue weighted by molar-refractivity contribution is 0.200. The van der Waals surface area contributed by atoms with Gasteiger partial charge in [0.15, 0.2) is 23.0 Å². The van der Waals surface area contributed by atoms with E-state index >= 15 is 0 Å². The van der Waals surface area contributed by atoms with Crippen molar-refractivity contribution in [1.29, 1.82) is 0 Å². The average molecular weight is 1010 g/mol. The summed E-state index contributed by atoms with van der Waals surface area (Å²) < 4.78 is 23.3. The third kappa shape index (κ3) is 15.5. The molecule has 9 rings (SSSR count). The van der Waals surface area contributed by atoms with E-state index < -0.39 is 0 Å². The molecule has 0 radical (unpaired) electrons. The van der Waals surface area contributed by atoms with Crippen LogP contribution in [0.3, 0.4) is 0 Å². The van der Waals surface area contributed by atoms with Gasteiger partial charge < -0.3 is 28.7 Å². The van der Waals surface area contributed by atoms with E-state index in [1.54, 1.807) is 37.7 Å². The summed E-state index contributed by atoms with van der Waals surface area (Å²) in [6, 6.07) is 30.1. The number of pyridine rings is 2. The Balaban J connectivity index is 0.000000159. The molecule has 72 heavy (non-hydrogen) atoms. The smallest absolute Gasteiger partial charge is 0.163 e. The Hall–Kier alpha value is -5.44. The topological polar surface area (TPSA) is 69.2 Å². The van der Waals surface area contributed by atoms with Crippen molar-refractivity contribution in [3.8, 4) is 23.0 Å². The maximum Gasteiger partial charge on any atom is 0.163 e. The Bertz CT molecular complexity index is 2590. The van der Waals surface area contributed by atoms with Crippen LogP contribution in [0.1, 0.15) is 135 Å². The van der Waals surface area contributed by atoms with Crippen LogP contribution >= 0.6 is 23.2 Å². The van der Waals surface area contributed by atoms with E-state index in [0.717, 1.165) is 90.9 Å². The van der Waals surface area contributed by atoms with Gasteiger partial charge in [-0.15, -0.1) is 0 Å². The molecule has 4 aromatic carbocycles. The first-order valence-electron chi connectivity index (χ1n) is 26.4. The van der Waals surface area contributed by atoms with Crippen LogP contribution in [0.2, 0.25) is 10.0 Å². The van der Waals surface area contributed by atoms with Gasteiger partial charge in [-0.25, -0.2) is 0 Å². The van der Waals surface area contributed by atoms with Crippen LogP contribution in [0.4, 0.5) is 11.4 Å². The van der Waals surface area contributed by atoms with Gasteiger partial charge >= 0.3 is 0 Å². The van der Waals surface area contributed by atoms with Gasteiger partial charge in [0.05, 0.1) is 36.5 Å². The maximum atomic E-state index is 6.24. The molecule has 0 spiro atoms. The highest BCUT2D eigenvalue weighted by Crippen LogP contribution is 2.38. The highest BCUT2D eigenvalue weighted by atomic mass is 35.5. The molecule has 10 heteroatoms. The molecule has 0 bridgehead atoms. The highest BCUT2D eigenvalue weighted by Gasteiger charge is 2.23.